The lowest BCUT2D eigenvalue weighted by molar-refractivity contribution is 0.293. The lowest BCUT2D eigenvalue weighted by atomic mass is 9.82. The molecule has 2 N–H and O–H groups in total. The molecule has 0 aromatic carbocycles. The lowest BCUT2D eigenvalue weighted by Crippen LogP contribution is -2.20. The van der Waals surface area contributed by atoms with E-state index in [0.717, 1.165) is 24.1 Å². The maximum Gasteiger partial charge on any atom is 0.0723 e. The lowest BCUT2D eigenvalue weighted by Gasteiger charge is -2.26. The highest BCUT2D eigenvalue weighted by molar-refractivity contribution is 5.37. The zero-order valence-corrected chi connectivity index (χ0v) is 8.79. The summed E-state index contributed by atoms with van der Waals surface area (Å²) in [7, 11) is 0. The Morgan fingerprint density at radius 2 is 2.50 bits per heavy atom. The molecule has 1 fully saturated rings. The van der Waals surface area contributed by atoms with Crippen molar-refractivity contribution in [3.05, 3.63) is 12.4 Å². The largest absolute Gasteiger partial charge is 0.382 e. The molecule has 1 aliphatic carbocycles. The molecule has 1 saturated carbocycles. The Balaban J connectivity index is 1.75. The van der Waals surface area contributed by atoms with Gasteiger partial charge >= 0.3 is 0 Å². The summed E-state index contributed by atoms with van der Waals surface area (Å²) in [6, 6.07) is 0. The minimum Gasteiger partial charge on any atom is -0.382 e. The number of H-pyrrole nitrogens is 1. The Morgan fingerprint density at radius 1 is 1.57 bits per heavy atom. The topological polar surface area (TPSA) is 40.7 Å². The SMILES string of the molecule is CC1CCCC(CNc2cn[nH]c2)C1. The fourth-order valence-corrected chi connectivity index (χ4v) is 2.35. The van der Waals surface area contributed by atoms with Crippen LogP contribution in [0.1, 0.15) is 32.6 Å². The van der Waals surface area contributed by atoms with Gasteiger partial charge in [0.1, 0.15) is 0 Å². The standard InChI is InChI=1S/C11H19N3/c1-9-3-2-4-10(5-9)6-12-11-7-13-14-8-11/h7-10,12H,2-6H2,1H3,(H,13,14). The molecule has 14 heavy (non-hydrogen) atoms. The van der Waals surface area contributed by atoms with E-state index in [-0.39, 0.29) is 0 Å². The third kappa shape index (κ3) is 2.50. The quantitative estimate of drug-likeness (QED) is 0.774. The molecule has 1 heterocycles. The highest BCUT2D eigenvalue weighted by atomic mass is 15.1. The van der Waals surface area contributed by atoms with Gasteiger partial charge in [0, 0.05) is 12.7 Å². The summed E-state index contributed by atoms with van der Waals surface area (Å²) in [5, 5.41) is 10.1. The minimum absolute atomic E-state index is 0.855. The molecule has 2 atom stereocenters. The van der Waals surface area contributed by atoms with Gasteiger partial charge in [0.15, 0.2) is 0 Å². The van der Waals surface area contributed by atoms with Gasteiger partial charge in [0.25, 0.3) is 0 Å². The molecule has 0 bridgehead atoms. The number of aromatic amines is 1. The van der Waals surface area contributed by atoms with Crippen molar-refractivity contribution in [1.82, 2.24) is 10.2 Å². The fraction of sp³-hybridized carbons (Fsp3) is 0.727. The van der Waals surface area contributed by atoms with Crippen molar-refractivity contribution in [2.45, 2.75) is 32.6 Å². The number of nitrogens with zero attached hydrogens (tertiary/aromatic N) is 1. The average molecular weight is 193 g/mol. The van der Waals surface area contributed by atoms with Gasteiger partial charge in [-0.15, -0.1) is 0 Å². The first kappa shape index (κ1) is 9.56. The second kappa shape index (κ2) is 4.49. The molecule has 1 aliphatic rings. The summed E-state index contributed by atoms with van der Waals surface area (Å²) >= 11 is 0. The van der Waals surface area contributed by atoms with Crippen molar-refractivity contribution in [2.24, 2.45) is 11.8 Å². The van der Waals surface area contributed by atoms with E-state index in [1.165, 1.54) is 25.7 Å². The molecule has 3 nitrogen and oxygen atoms in total. The van der Waals surface area contributed by atoms with Gasteiger partial charge in [0.05, 0.1) is 11.9 Å². The first-order valence-electron chi connectivity index (χ1n) is 5.57. The first-order chi connectivity index (χ1) is 6.84. The van der Waals surface area contributed by atoms with Crippen LogP contribution in [0, 0.1) is 11.8 Å². The smallest absolute Gasteiger partial charge is 0.0723 e. The molecule has 78 valence electrons. The van der Waals surface area contributed by atoms with E-state index in [4.69, 9.17) is 0 Å². The Morgan fingerprint density at radius 3 is 3.21 bits per heavy atom. The molecule has 1 aromatic rings. The van der Waals surface area contributed by atoms with E-state index in [1.54, 1.807) is 0 Å². The van der Waals surface area contributed by atoms with Crippen molar-refractivity contribution in [2.75, 3.05) is 11.9 Å². The number of aromatic nitrogens is 2. The van der Waals surface area contributed by atoms with E-state index in [2.05, 4.69) is 22.4 Å². The van der Waals surface area contributed by atoms with Crippen LogP contribution in [-0.2, 0) is 0 Å². The van der Waals surface area contributed by atoms with E-state index in [1.807, 2.05) is 12.4 Å². The Kier molecular flexibility index (Phi) is 3.07. The number of anilines is 1. The van der Waals surface area contributed by atoms with E-state index in [0.29, 0.717) is 0 Å². The zero-order valence-electron chi connectivity index (χ0n) is 8.79. The van der Waals surface area contributed by atoms with Gasteiger partial charge in [-0.1, -0.05) is 19.8 Å². The van der Waals surface area contributed by atoms with Gasteiger partial charge in [-0.05, 0) is 24.7 Å². The molecule has 1 aromatic heterocycles. The average Bonchev–Trinajstić information content (AvgIpc) is 2.67. The van der Waals surface area contributed by atoms with Crippen LogP contribution >= 0.6 is 0 Å². The van der Waals surface area contributed by atoms with Gasteiger partial charge in [-0.3, -0.25) is 5.10 Å². The molecular weight excluding hydrogens is 174 g/mol. The van der Waals surface area contributed by atoms with Gasteiger partial charge < -0.3 is 5.32 Å². The molecule has 0 spiro atoms. The molecule has 2 rings (SSSR count). The summed E-state index contributed by atoms with van der Waals surface area (Å²) < 4.78 is 0. The maximum absolute atomic E-state index is 3.91. The third-order valence-electron chi connectivity index (χ3n) is 3.14. The van der Waals surface area contributed by atoms with Crippen LogP contribution in [-0.4, -0.2) is 16.7 Å². The normalized spacial score (nSPS) is 27.5. The van der Waals surface area contributed by atoms with Gasteiger partial charge in [-0.25, -0.2) is 0 Å². The number of nitrogens with one attached hydrogen (secondary N) is 2. The predicted octanol–water partition coefficient (Wildman–Crippen LogP) is 2.65. The third-order valence-corrected chi connectivity index (χ3v) is 3.14. The van der Waals surface area contributed by atoms with E-state index < -0.39 is 0 Å². The summed E-state index contributed by atoms with van der Waals surface area (Å²) in [5.74, 6) is 1.77. The second-order valence-electron chi connectivity index (χ2n) is 4.51. The monoisotopic (exact) mass is 193 g/mol. The van der Waals surface area contributed by atoms with Crippen molar-refractivity contribution in [3.63, 3.8) is 0 Å². The molecule has 3 heteroatoms. The van der Waals surface area contributed by atoms with E-state index >= 15 is 0 Å². The minimum atomic E-state index is 0.855. The first-order valence-corrected chi connectivity index (χ1v) is 5.57. The van der Waals surface area contributed by atoms with Gasteiger partial charge in [-0.2, -0.15) is 5.10 Å². The molecule has 0 aliphatic heterocycles. The number of rotatable bonds is 3. The summed E-state index contributed by atoms with van der Waals surface area (Å²) in [5.41, 5.74) is 1.11. The Hall–Kier alpha value is -0.990. The van der Waals surface area contributed by atoms with Crippen LogP contribution in [0.4, 0.5) is 5.69 Å². The van der Waals surface area contributed by atoms with Crippen LogP contribution in [0.2, 0.25) is 0 Å². The highest BCUT2D eigenvalue weighted by Crippen LogP contribution is 2.28. The summed E-state index contributed by atoms with van der Waals surface area (Å²) in [6.45, 7) is 3.47. The van der Waals surface area contributed by atoms with E-state index in [9.17, 15) is 0 Å². The van der Waals surface area contributed by atoms with Crippen LogP contribution in [0.5, 0.6) is 0 Å². The van der Waals surface area contributed by atoms with Crippen LogP contribution in [0.15, 0.2) is 12.4 Å². The van der Waals surface area contributed by atoms with Crippen LogP contribution in [0.3, 0.4) is 0 Å². The van der Waals surface area contributed by atoms with Crippen LogP contribution < -0.4 is 5.32 Å². The Bertz CT molecular complexity index is 256. The zero-order chi connectivity index (χ0) is 9.80. The summed E-state index contributed by atoms with van der Waals surface area (Å²) in [6.07, 6.45) is 9.33. The number of hydrogen-bond donors (Lipinski definition) is 2. The molecular formula is C11H19N3. The number of hydrogen-bond acceptors (Lipinski definition) is 2. The molecule has 0 saturated heterocycles. The van der Waals surface area contributed by atoms with Crippen LogP contribution in [0.25, 0.3) is 0 Å². The van der Waals surface area contributed by atoms with Crippen molar-refractivity contribution in [1.29, 1.82) is 0 Å². The predicted molar refractivity (Wildman–Crippen MR) is 58.2 cm³/mol. The molecule has 0 radical (unpaired) electrons. The summed E-state index contributed by atoms with van der Waals surface area (Å²) in [4.78, 5) is 0. The Labute approximate surface area is 85.3 Å². The van der Waals surface area contributed by atoms with Crippen molar-refractivity contribution in [3.8, 4) is 0 Å². The molecule has 0 amide bonds. The van der Waals surface area contributed by atoms with Crippen molar-refractivity contribution >= 4 is 5.69 Å². The second-order valence-corrected chi connectivity index (χ2v) is 4.51. The fourth-order valence-electron chi connectivity index (χ4n) is 2.35. The molecule has 2 unspecified atom stereocenters. The highest BCUT2D eigenvalue weighted by Gasteiger charge is 2.18. The van der Waals surface area contributed by atoms with Gasteiger partial charge in [0.2, 0.25) is 0 Å². The van der Waals surface area contributed by atoms with Crippen molar-refractivity contribution < 1.29 is 0 Å². The maximum atomic E-state index is 3.91.